The Bertz CT molecular complexity index is 1140. The van der Waals surface area contributed by atoms with Crippen molar-refractivity contribution < 1.29 is 19.1 Å². The van der Waals surface area contributed by atoms with Crippen LogP contribution in [-0.2, 0) is 0 Å². The summed E-state index contributed by atoms with van der Waals surface area (Å²) in [5.41, 5.74) is 6.23. The number of carbonyl (C=O) groups excluding carboxylic acids is 2. The standard InChI is InChI=1S/C21H16ClN3O4S/c22-16-5-3-12(10-15(16)19(23)26)25-20(27)14-2-1-7-24-21(14)30-13-4-6-17-18(11-13)29-9-8-28-17/h1-7,10-11H,8-9H2,(H2,23,26)(H,25,27). The van der Waals surface area contributed by atoms with Gasteiger partial charge in [0.25, 0.3) is 5.91 Å². The molecule has 0 radical (unpaired) electrons. The fourth-order valence-electron chi connectivity index (χ4n) is 2.83. The molecule has 0 spiro atoms. The van der Waals surface area contributed by atoms with E-state index in [9.17, 15) is 9.59 Å². The van der Waals surface area contributed by atoms with Gasteiger partial charge in [-0.2, -0.15) is 0 Å². The van der Waals surface area contributed by atoms with Crippen LogP contribution in [0.25, 0.3) is 0 Å². The number of anilines is 1. The van der Waals surface area contributed by atoms with Gasteiger partial charge in [0.2, 0.25) is 5.91 Å². The lowest BCUT2D eigenvalue weighted by Gasteiger charge is -2.18. The van der Waals surface area contributed by atoms with Crippen LogP contribution in [0.15, 0.2) is 64.6 Å². The van der Waals surface area contributed by atoms with E-state index in [0.29, 0.717) is 41.0 Å². The van der Waals surface area contributed by atoms with E-state index in [0.717, 1.165) is 4.90 Å². The molecule has 0 unspecified atom stereocenters. The Balaban J connectivity index is 1.57. The predicted octanol–water partition coefficient (Wildman–Crippen LogP) is 4.01. The second kappa shape index (κ2) is 8.64. The molecule has 3 aromatic rings. The molecule has 1 aliphatic rings. The molecule has 2 aromatic carbocycles. The van der Waals surface area contributed by atoms with Gasteiger partial charge in [-0.25, -0.2) is 4.98 Å². The van der Waals surface area contributed by atoms with Crippen LogP contribution < -0.4 is 20.5 Å². The number of primary amides is 1. The number of pyridine rings is 1. The Labute approximate surface area is 181 Å². The number of halogens is 1. The molecule has 0 aliphatic carbocycles. The van der Waals surface area contributed by atoms with Gasteiger partial charge < -0.3 is 20.5 Å². The monoisotopic (exact) mass is 441 g/mol. The molecule has 0 fully saturated rings. The molecule has 0 saturated heterocycles. The van der Waals surface area contributed by atoms with Gasteiger partial charge in [-0.3, -0.25) is 9.59 Å². The minimum absolute atomic E-state index is 0.131. The Morgan fingerprint density at radius 2 is 1.83 bits per heavy atom. The molecule has 9 heteroatoms. The van der Waals surface area contributed by atoms with E-state index < -0.39 is 5.91 Å². The summed E-state index contributed by atoms with van der Waals surface area (Å²) < 4.78 is 11.1. The number of carbonyl (C=O) groups is 2. The highest BCUT2D eigenvalue weighted by Crippen LogP contribution is 2.37. The molecule has 2 amide bonds. The van der Waals surface area contributed by atoms with Crippen LogP contribution in [0, 0.1) is 0 Å². The first-order valence-corrected chi connectivity index (χ1v) is 10.1. The number of nitrogens with zero attached hydrogens (tertiary/aromatic N) is 1. The molecule has 7 nitrogen and oxygen atoms in total. The zero-order valence-corrected chi connectivity index (χ0v) is 17.1. The number of hydrogen-bond acceptors (Lipinski definition) is 6. The van der Waals surface area contributed by atoms with E-state index in [4.69, 9.17) is 26.8 Å². The Morgan fingerprint density at radius 3 is 2.63 bits per heavy atom. The second-order valence-electron chi connectivity index (χ2n) is 6.28. The second-order valence-corrected chi connectivity index (χ2v) is 7.75. The van der Waals surface area contributed by atoms with Crippen molar-refractivity contribution in [2.75, 3.05) is 18.5 Å². The number of nitrogens with one attached hydrogen (secondary N) is 1. The lowest BCUT2D eigenvalue weighted by Crippen LogP contribution is -2.16. The normalized spacial score (nSPS) is 12.3. The Morgan fingerprint density at radius 1 is 1.03 bits per heavy atom. The molecule has 1 aliphatic heterocycles. The van der Waals surface area contributed by atoms with E-state index in [-0.39, 0.29) is 16.5 Å². The van der Waals surface area contributed by atoms with Crippen molar-refractivity contribution in [3.05, 3.63) is 70.9 Å². The third kappa shape index (κ3) is 4.34. The SMILES string of the molecule is NC(=O)c1cc(NC(=O)c2cccnc2Sc2ccc3c(c2)OCCO3)ccc1Cl. The maximum absolute atomic E-state index is 12.9. The highest BCUT2D eigenvalue weighted by Gasteiger charge is 2.17. The lowest BCUT2D eigenvalue weighted by molar-refractivity contribution is 0.0995. The molecule has 2 heterocycles. The third-order valence-electron chi connectivity index (χ3n) is 4.23. The zero-order chi connectivity index (χ0) is 21.1. The molecule has 0 saturated carbocycles. The largest absolute Gasteiger partial charge is 0.486 e. The molecule has 0 atom stereocenters. The minimum Gasteiger partial charge on any atom is -0.486 e. The van der Waals surface area contributed by atoms with Crippen LogP contribution in [0.1, 0.15) is 20.7 Å². The molecule has 152 valence electrons. The highest BCUT2D eigenvalue weighted by atomic mass is 35.5. The van der Waals surface area contributed by atoms with Gasteiger partial charge in [-0.05, 0) is 48.5 Å². The van der Waals surface area contributed by atoms with Crippen LogP contribution >= 0.6 is 23.4 Å². The fourth-order valence-corrected chi connectivity index (χ4v) is 3.95. The maximum atomic E-state index is 12.9. The van der Waals surface area contributed by atoms with Crippen molar-refractivity contribution in [3.8, 4) is 11.5 Å². The van der Waals surface area contributed by atoms with Gasteiger partial charge in [-0.15, -0.1) is 0 Å². The highest BCUT2D eigenvalue weighted by molar-refractivity contribution is 7.99. The van der Waals surface area contributed by atoms with Crippen molar-refractivity contribution in [3.63, 3.8) is 0 Å². The molecular formula is C21H16ClN3O4S. The van der Waals surface area contributed by atoms with Crippen molar-refractivity contribution in [2.45, 2.75) is 9.92 Å². The summed E-state index contributed by atoms with van der Waals surface area (Å²) in [5, 5.41) is 3.50. The summed E-state index contributed by atoms with van der Waals surface area (Å²) in [7, 11) is 0. The van der Waals surface area contributed by atoms with E-state index in [1.165, 1.54) is 23.9 Å². The first-order valence-electron chi connectivity index (χ1n) is 8.94. The van der Waals surface area contributed by atoms with Crippen LogP contribution in [0.5, 0.6) is 11.5 Å². The Kier molecular flexibility index (Phi) is 5.78. The average Bonchev–Trinajstić information content (AvgIpc) is 2.75. The topological polar surface area (TPSA) is 104 Å². The van der Waals surface area contributed by atoms with Gasteiger partial charge in [0, 0.05) is 16.8 Å². The maximum Gasteiger partial charge on any atom is 0.258 e. The first-order chi connectivity index (χ1) is 14.5. The van der Waals surface area contributed by atoms with Crippen LogP contribution in [0.2, 0.25) is 5.02 Å². The summed E-state index contributed by atoms with van der Waals surface area (Å²) in [6.07, 6.45) is 1.62. The summed E-state index contributed by atoms with van der Waals surface area (Å²) in [5.74, 6) is 0.305. The van der Waals surface area contributed by atoms with Crippen LogP contribution in [0.3, 0.4) is 0 Å². The molecule has 30 heavy (non-hydrogen) atoms. The Hall–Kier alpha value is -3.23. The lowest BCUT2D eigenvalue weighted by atomic mass is 10.2. The van der Waals surface area contributed by atoms with Gasteiger partial charge in [0.1, 0.15) is 18.2 Å². The van der Waals surface area contributed by atoms with Crippen LogP contribution in [-0.4, -0.2) is 30.0 Å². The zero-order valence-electron chi connectivity index (χ0n) is 15.6. The van der Waals surface area contributed by atoms with Crippen LogP contribution in [0.4, 0.5) is 5.69 Å². The van der Waals surface area contributed by atoms with Crippen molar-refractivity contribution in [2.24, 2.45) is 5.73 Å². The first kappa shape index (κ1) is 20.1. The number of nitrogens with two attached hydrogens (primary N) is 1. The number of benzene rings is 2. The molecule has 3 N–H and O–H groups in total. The van der Waals surface area contributed by atoms with E-state index in [1.807, 2.05) is 18.2 Å². The number of amides is 2. The van der Waals surface area contributed by atoms with E-state index >= 15 is 0 Å². The summed E-state index contributed by atoms with van der Waals surface area (Å²) >= 11 is 7.30. The third-order valence-corrected chi connectivity index (χ3v) is 5.57. The molecule has 4 rings (SSSR count). The van der Waals surface area contributed by atoms with E-state index in [1.54, 1.807) is 24.4 Å². The number of ether oxygens (including phenoxy) is 2. The summed E-state index contributed by atoms with van der Waals surface area (Å²) in [6.45, 7) is 1.01. The van der Waals surface area contributed by atoms with Crippen molar-refractivity contribution >= 4 is 40.9 Å². The number of rotatable bonds is 5. The smallest absolute Gasteiger partial charge is 0.258 e. The number of aromatic nitrogens is 1. The fraction of sp³-hybridized carbons (Fsp3) is 0.0952. The number of hydrogen-bond donors (Lipinski definition) is 2. The van der Waals surface area contributed by atoms with E-state index in [2.05, 4.69) is 10.3 Å². The van der Waals surface area contributed by atoms with Gasteiger partial charge in [0.15, 0.2) is 11.5 Å². The van der Waals surface area contributed by atoms with Gasteiger partial charge >= 0.3 is 0 Å². The average molecular weight is 442 g/mol. The van der Waals surface area contributed by atoms with Gasteiger partial charge in [0.05, 0.1) is 16.1 Å². The molecular weight excluding hydrogens is 426 g/mol. The van der Waals surface area contributed by atoms with Gasteiger partial charge in [-0.1, -0.05) is 23.4 Å². The summed E-state index contributed by atoms with van der Waals surface area (Å²) in [6, 6.07) is 13.5. The summed E-state index contributed by atoms with van der Waals surface area (Å²) in [4.78, 5) is 29.5. The minimum atomic E-state index is -0.674. The number of fused-ring (bicyclic) bond motifs is 1. The molecule has 1 aromatic heterocycles. The quantitative estimate of drug-likeness (QED) is 0.620. The van der Waals surface area contributed by atoms with Crippen molar-refractivity contribution in [1.29, 1.82) is 0 Å². The predicted molar refractivity (Wildman–Crippen MR) is 114 cm³/mol. The van der Waals surface area contributed by atoms with Crippen molar-refractivity contribution in [1.82, 2.24) is 4.98 Å². The molecule has 0 bridgehead atoms.